The van der Waals surface area contributed by atoms with E-state index in [1.807, 2.05) is 18.2 Å². The van der Waals surface area contributed by atoms with E-state index in [0.717, 1.165) is 36.9 Å². The SMILES string of the molecule is N#Cc1cc2c(nc1SCC(=O)c1ccc3c(c1)Cc1ccccc1-3)CCC2. The number of nitrogens with zero attached hydrogens (tertiary/aromatic N) is 2. The largest absolute Gasteiger partial charge is 0.293 e. The first-order valence-electron chi connectivity index (χ1n) is 9.53. The van der Waals surface area contributed by atoms with Gasteiger partial charge in [-0.15, -0.1) is 0 Å². The van der Waals surface area contributed by atoms with E-state index in [4.69, 9.17) is 0 Å². The predicted molar refractivity (Wildman–Crippen MR) is 111 cm³/mol. The Bertz CT molecular complexity index is 1160. The first-order chi connectivity index (χ1) is 13.7. The lowest BCUT2D eigenvalue weighted by atomic mass is 10.0. The average molecular weight is 382 g/mol. The van der Waals surface area contributed by atoms with Crippen molar-refractivity contribution in [2.24, 2.45) is 0 Å². The fourth-order valence-corrected chi connectivity index (χ4v) is 5.05. The van der Waals surface area contributed by atoms with Crippen LogP contribution < -0.4 is 0 Å². The number of rotatable bonds is 4. The van der Waals surface area contributed by atoms with Crippen molar-refractivity contribution in [1.29, 1.82) is 5.26 Å². The van der Waals surface area contributed by atoms with Gasteiger partial charge in [-0.1, -0.05) is 48.2 Å². The Balaban J connectivity index is 1.35. The molecular weight excluding hydrogens is 364 g/mol. The Morgan fingerprint density at radius 2 is 1.89 bits per heavy atom. The molecule has 136 valence electrons. The van der Waals surface area contributed by atoms with Crippen molar-refractivity contribution in [3.05, 3.63) is 82.0 Å². The second-order valence-corrected chi connectivity index (χ2v) is 8.29. The van der Waals surface area contributed by atoms with Crippen LogP contribution >= 0.6 is 11.8 Å². The van der Waals surface area contributed by atoms with Crippen LogP contribution in [0.3, 0.4) is 0 Å². The third-order valence-corrected chi connectivity index (χ3v) is 6.58. The second kappa shape index (κ2) is 6.92. The summed E-state index contributed by atoms with van der Waals surface area (Å²) in [6.07, 6.45) is 3.94. The molecule has 2 aliphatic carbocycles. The zero-order valence-corrected chi connectivity index (χ0v) is 16.2. The van der Waals surface area contributed by atoms with Gasteiger partial charge in [0.15, 0.2) is 5.78 Å². The molecule has 0 radical (unpaired) electrons. The van der Waals surface area contributed by atoms with E-state index in [1.165, 1.54) is 39.6 Å². The molecule has 2 aliphatic rings. The number of carbonyl (C=O) groups excluding carboxylic acids is 1. The molecule has 0 atom stereocenters. The number of benzene rings is 2. The van der Waals surface area contributed by atoms with Gasteiger partial charge in [-0.05, 0) is 65.6 Å². The van der Waals surface area contributed by atoms with Crippen LogP contribution in [-0.4, -0.2) is 16.5 Å². The van der Waals surface area contributed by atoms with Crippen LogP contribution in [0.5, 0.6) is 0 Å². The lowest BCUT2D eigenvalue weighted by molar-refractivity contribution is 0.102. The number of Topliss-reactive ketones (excluding diaryl/α,β-unsaturated/α-hetero) is 1. The maximum atomic E-state index is 12.8. The highest BCUT2D eigenvalue weighted by Crippen LogP contribution is 2.37. The third-order valence-electron chi connectivity index (χ3n) is 5.59. The molecule has 0 saturated carbocycles. The monoisotopic (exact) mass is 382 g/mol. The van der Waals surface area contributed by atoms with E-state index >= 15 is 0 Å². The number of fused-ring (bicyclic) bond motifs is 4. The van der Waals surface area contributed by atoms with Crippen molar-refractivity contribution < 1.29 is 4.79 Å². The fraction of sp³-hybridized carbons (Fsp3) is 0.208. The fourth-order valence-electron chi connectivity index (χ4n) is 4.18. The van der Waals surface area contributed by atoms with Crippen LogP contribution in [0.2, 0.25) is 0 Å². The molecule has 2 aromatic carbocycles. The summed E-state index contributed by atoms with van der Waals surface area (Å²) in [7, 11) is 0. The number of carbonyl (C=O) groups is 1. The number of aromatic nitrogens is 1. The number of aryl methyl sites for hydroxylation is 2. The molecule has 0 fully saturated rings. The molecule has 0 amide bonds. The van der Waals surface area contributed by atoms with E-state index < -0.39 is 0 Å². The summed E-state index contributed by atoms with van der Waals surface area (Å²) >= 11 is 1.38. The molecule has 0 spiro atoms. The van der Waals surface area contributed by atoms with Gasteiger partial charge in [-0.25, -0.2) is 4.98 Å². The topological polar surface area (TPSA) is 53.8 Å². The van der Waals surface area contributed by atoms with Gasteiger partial charge in [-0.3, -0.25) is 4.79 Å². The maximum absolute atomic E-state index is 12.8. The molecule has 4 heteroatoms. The van der Waals surface area contributed by atoms with Crippen LogP contribution in [0, 0.1) is 11.3 Å². The van der Waals surface area contributed by atoms with Crippen LogP contribution in [-0.2, 0) is 19.3 Å². The lowest BCUT2D eigenvalue weighted by Gasteiger charge is -2.07. The highest BCUT2D eigenvalue weighted by molar-refractivity contribution is 8.00. The smallest absolute Gasteiger partial charge is 0.173 e. The number of hydrogen-bond donors (Lipinski definition) is 0. The van der Waals surface area contributed by atoms with Gasteiger partial charge in [-0.2, -0.15) is 5.26 Å². The Hall–Kier alpha value is -2.90. The van der Waals surface area contributed by atoms with Gasteiger partial charge < -0.3 is 0 Å². The highest BCUT2D eigenvalue weighted by Gasteiger charge is 2.21. The molecule has 0 bridgehead atoms. The zero-order valence-electron chi connectivity index (χ0n) is 15.4. The standard InChI is InChI=1S/C24H18N2OS/c25-13-19-11-16-5-3-7-22(16)26-24(19)28-14-23(27)17-8-9-21-18(12-17)10-15-4-1-2-6-20(15)21/h1-2,4,6,8-9,11-12H,3,5,7,10,14H2. The van der Waals surface area contributed by atoms with E-state index in [0.29, 0.717) is 16.3 Å². The number of thioether (sulfide) groups is 1. The molecule has 1 aromatic heterocycles. The normalized spacial score (nSPS) is 13.5. The lowest BCUT2D eigenvalue weighted by Crippen LogP contribution is -2.04. The summed E-state index contributed by atoms with van der Waals surface area (Å²) in [4.78, 5) is 17.5. The molecule has 0 saturated heterocycles. The molecule has 0 aliphatic heterocycles. The molecule has 0 N–H and O–H groups in total. The zero-order chi connectivity index (χ0) is 19.1. The summed E-state index contributed by atoms with van der Waals surface area (Å²) in [5.41, 5.74) is 8.62. The summed E-state index contributed by atoms with van der Waals surface area (Å²) in [6.45, 7) is 0. The van der Waals surface area contributed by atoms with Crippen molar-refractivity contribution in [3.8, 4) is 17.2 Å². The van der Waals surface area contributed by atoms with E-state index in [9.17, 15) is 10.1 Å². The molecule has 0 unspecified atom stereocenters. The second-order valence-electron chi connectivity index (χ2n) is 7.33. The van der Waals surface area contributed by atoms with Crippen LogP contribution in [0.25, 0.3) is 11.1 Å². The third kappa shape index (κ3) is 2.93. The number of ketones is 1. The summed E-state index contributed by atoms with van der Waals surface area (Å²) in [5, 5.41) is 10.1. The molecule has 5 rings (SSSR count). The predicted octanol–water partition coefficient (Wildman–Crippen LogP) is 4.99. The highest BCUT2D eigenvalue weighted by atomic mass is 32.2. The van der Waals surface area contributed by atoms with Gasteiger partial charge in [0.25, 0.3) is 0 Å². The van der Waals surface area contributed by atoms with Crippen LogP contribution in [0.4, 0.5) is 0 Å². The first-order valence-corrected chi connectivity index (χ1v) is 10.5. The van der Waals surface area contributed by atoms with Gasteiger partial charge >= 0.3 is 0 Å². The van der Waals surface area contributed by atoms with Gasteiger partial charge in [0.2, 0.25) is 0 Å². The summed E-state index contributed by atoms with van der Waals surface area (Å²) < 4.78 is 0. The van der Waals surface area contributed by atoms with Gasteiger partial charge in [0.05, 0.1) is 11.3 Å². The van der Waals surface area contributed by atoms with E-state index in [1.54, 1.807) is 0 Å². The molecule has 28 heavy (non-hydrogen) atoms. The minimum absolute atomic E-state index is 0.0787. The number of pyridine rings is 1. The number of hydrogen-bond acceptors (Lipinski definition) is 4. The van der Waals surface area contributed by atoms with Crippen LogP contribution in [0.15, 0.2) is 53.6 Å². The van der Waals surface area contributed by atoms with Crippen molar-refractivity contribution in [2.45, 2.75) is 30.7 Å². The molecule has 3 nitrogen and oxygen atoms in total. The maximum Gasteiger partial charge on any atom is 0.173 e. The quantitative estimate of drug-likeness (QED) is 0.369. The Morgan fingerprint density at radius 3 is 2.79 bits per heavy atom. The van der Waals surface area contributed by atoms with Gasteiger partial charge in [0.1, 0.15) is 11.1 Å². The molecule has 1 heterocycles. The van der Waals surface area contributed by atoms with Crippen molar-refractivity contribution in [2.75, 3.05) is 5.75 Å². The minimum atomic E-state index is 0.0787. The van der Waals surface area contributed by atoms with Crippen molar-refractivity contribution in [1.82, 2.24) is 4.98 Å². The first kappa shape index (κ1) is 17.2. The minimum Gasteiger partial charge on any atom is -0.293 e. The molecular formula is C24H18N2OS. The summed E-state index contributed by atoms with van der Waals surface area (Å²) in [6, 6.07) is 18.6. The van der Waals surface area contributed by atoms with Crippen LogP contribution in [0.1, 0.15) is 44.7 Å². The molecule has 3 aromatic rings. The Morgan fingerprint density at radius 1 is 1.04 bits per heavy atom. The van der Waals surface area contributed by atoms with Crippen molar-refractivity contribution in [3.63, 3.8) is 0 Å². The average Bonchev–Trinajstić information content (AvgIpc) is 3.34. The van der Waals surface area contributed by atoms with Crippen molar-refractivity contribution >= 4 is 17.5 Å². The Kier molecular flexibility index (Phi) is 4.26. The Labute approximate surface area is 168 Å². The number of nitriles is 1. The van der Waals surface area contributed by atoms with Gasteiger partial charge in [0, 0.05) is 11.3 Å². The van der Waals surface area contributed by atoms with E-state index in [-0.39, 0.29) is 5.78 Å². The van der Waals surface area contributed by atoms with E-state index in [2.05, 4.69) is 41.4 Å². The summed E-state index contributed by atoms with van der Waals surface area (Å²) in [5.74, 6) is 0.376.